The first-order valence-electron chi connectivity index (χ1n) is 7.15. The second kappa shape index (κ2) is 11.4. The molecule has 0 aliphatic carbocycles. The average molecular weight is 266 g/mol. The molecule has 0 bridgehead atoms. The second-order valence-electron chi connectivity index (χ2n) is 4.96. The van der Waals surface area contributed by atoms with Crippen LogP contribution < -0.4 is 0 Å². The van der Waals surface area contributed by atoms with Crippen molar-refractivity contribution in [2.75, 3.05) is 13.3 Å². The van der Waals surface area contributed by atoms with Gasteiger partial charge in [-0.05, 0) is 0 Å². The van der Waals surface area contributed by atoms with Crippen molar-refractivity contribution in [2.24, 2.45) is 0 Å². The molecule has 17 heavy (non-hydrogen) atoms. The summed E-state index contributed by atoms with van der Waals surface area (Å²) >= 11 is 0. The van der Waals surface area contributed by atoms with Gasteiger partial charge in [0.25, 0.3) is 0 Å². The van der Waals surface area contributed by atoms with Crippen LogP contribution in [-0.4, -0.2) is 23.1 Å². The van der Waals surface area contributed by atoms with Crippen molar-refractivity contribution in [2.45, 2.75) is 71.1 Å². The number of hydrogen-bond acceptors (Lipinski definition) is 3. The molecule has 4 heteroatoms. The van der Waals surface area contributed by atoms with Crippen LogP contribution in [-0.2, 0) is 4.52 Å². The maximum absolute atomic E-state index is 9.03. The summed E-state index contributed by atoms with van der Waals surface area (Å²) in [5.74, 6) is 0. The van der Waals surface area contributed by atoms with Crippen LogP contribution in [0.25, 0.3) is 0 Å². The molecule has 0 heterocycles. The Balaban J connectivity index is 2.99. The third-order valence-corrected chi connectivity index (χ3v) is 3.62. The van der Waals surface area contributed by atoms with Crippen LogP contribution in [0.1, 0.15) is 71.1 Å². The topological polar surface area (TPSA) is 49.7 Å². The number of hydrogen-bond donors (Lipinski definition) is 2. The van der Waals surface area contributed by atoms with E-state index in [1.807, 2.05) is 0 Å². The molecular weight excluding hydrogens is 235 g/mol. The first-order chi connectivity index (χ1) is 8.06. The monoisotopic (exact) mass is 266 g/mol. The Kier molecular flexibility index (Phi) is 11.6. The van der Waals surface area contributed by atoms with Gasteiger partial charge in [-0.25, -0.2) is 0 Å². The number of rotatable bonds is 12. The zero-order valence-electron chi connectivity index (χ0n) is 11.6. The van der Waals surface area contributed by atoms with E-state index in [9.17, 15) is 0 Å². The summed E-state index contributed by atoms with van der Waals surface area (Å²) in [4.78, 5) is 18.1. The van der Waals surface area contributed by atoms with E-state index in [2.05, 4.69) is 6.92 Å². The Morgan fingerprint density at radius 3 is 1.59 bits per heavy atom. The summed E-state index contributed by atoms with van der Waals surface area (Å²) in [7, 11) is -3.25. The van der Waals surface area contributed by atoms with Crippen molar-refractivity contribution >= 4 is 7.94 Å². The second-order valence-corrected chi connectivity index (χ2v) is 7.12. The van der Waals surface area contributed by atoms with E-state index in [1.54, 1.807) is 0 Å². The van der Waals surface area contributed by atoms with Gasteiger partial charge in [0.15, 0.2) is 0 Å². The molecule has 0 aromatic heterocycles. The molecule has 0 aromatic rings. The molecule has 0 atom stereocenters. The molecule has 0 saturated heterocycles. The standard InChI is InChI=1S/C13H31O3P/c1-3-4-5-6-7-8-9-10-11-12-13-16-17(2,14)15/h14-15,17H,3-13H2,1-2H3. The number of unbranched alkanes of at least 4 members (excludes halogenated alkanes) is 9. The molecule has 0 aliphatic rings. The van der Waals surface area contributed by atoms with Gasteiger partial charge in [0.05, 0.1) is 0 Å². The fourth-order valence-corrected chi connectivity index (χ4v) is 2.39. The summed E-state index contributed by atoms with van der Waals surface area (Å²) in [6.45, 7) is 4.12. The molecule has 0 saturated carbocycles. The minimum absolute atomic E-state index is 0.492. The van der Waals surface area contributed by atoms with Gasteiger partial charge in [-0.15, -0.1) is 0 Å². The molecule has 106 valence electrons. The predicted octanol–water partition coefficient (Wildman–Crippen LogP) is 4.03. The van der Waals surface area contributed by atoms with Crippen LogP contribution in [0.5, 0.6) is 0 Å². The van der Waals surface area contributed by atoms with Crippen LogP contribution in [0.2, 0.25) is 0 Å². The van der Waals surface area contributed by atoms with Gasteiger partial charge in [-0.1, -0.05) is 6.92 Å². The zero-order valence-corrected chi connectivity index (χ0v) is 12.6. The maximum atomic E-state index is 9.03. The Morgan fingerprint density at radius 2 is 1.18 bits per heavy atom. The third-order valence-electron chi connectivity index (χ3n) is 2.87. The Hall–Kier alpha value is 0.310. The molecule has 0 aromatic carbocycles. The van der Waals surface area contributed by atoms with Gasteiger partial charge >= 0.3 is 99.7 Å². The van der Waals surface area contributed by atoms with Crippen LogP contribution in [0.15, 0.2) is 0 Å². The minimum atomic E-state index is -3.25. The van der Waals surface area contributed by atoms with E-state index in [4.69, 9.17) is 14.3 Å². The van der Waals surface area contributed by atoms with E-state index < -0.39 is 7.94 Å². The van der Waals surface area contributed by atoms with Crippen molar-refractivity contribution in [3.8, 4) is 0 Å². The molecule has 0 spiro atoms. The van der Waals surface area contributed by atoms with Crippen LogP contribution >= 0.6 is 7.94 Å². The first-order valence-corrected chi connectivity index (χ1v) is 9.45. The van der Waals surface area contributed by atoms with Crippen molar-refractivity contribution in [1.82, 2.24) is 0 Å². The Bertz CT molecular complexity index is 157. The summed E-state index contributed by atoms with van der Waals surface area (Å²) in [5, 5.41) is 0. The van der Waals surface area contributed by atoms with E-state index >= 15 is 0 Å². The molecule has 0 radical (unpaired) electrons. The zero-order chi connectivity index (χ0) is 13.0. The molecular formula is C13H31O3P. The molecule has 2 N–H and O–H groups in total. The summed E-state index contributed by atoms with van der Waals surface area (Å²) in [5.41, 5.74) is 0. The van der Waals surface area contributed by atoms with Crippen LogP contribution in [0.4, 0.5) is 0 Å². The molecule has 0 amide bonds. The van der Waals surface area contributed by atoms with Gasteiger partial charge < -0.3 is 0 Å². The molecule has 0 unspecified atom stereocenters. The SMILES string of the molecule is CCCCCCCCCCCCO[PH](C)(O)O. The van der Waals surface area contributed by atoms with E-state index in [1.165, 1.54) is 58.0 Å². The van der Waals surface area contributed by atoms with E-state index in [0.29, 0.717) is 6.61 Å². The van der Waals surface area contributed by atoms with E-state index in [0.717, 1.165) is 12.8 Å². The van der Waals surface area contributed by atoms with Crippen molar-refractivity contribution in [1.29, 1.82) is 0 Å². The average Bonchev–Trinajstić information content (AvgIpc) is 2.24. The Labute approximate surface area is 107 Å². The van der Waals surface area contributed by atoms with Gasteiger partial charge in [0.1, 0.15) is 0 Å². The molecule has 0 aliphatic heterocycles. The van der Waals surface area contributed by atoms with Crippen molar-refractivity contribution in [3.63, 3.8) is 0 Å². The first kappa shape index (κ1) is 17.3. The van der Waals surface area contributed by atoms with Gasteiger partial charge in [0, 0.05) is 0 Å². The third kappa shape index (κ3) is 16.3. The molecule has 3 nitrogen and oxygen atoms in total. The normalized spacial score (nSPS) is 12.9. The summed E-state index contributed by atoms with van der Waals surface area (Å²) < 4.78 is 4.95. The van der Waals surface area contributed by atoms with Gasteiger partial charge in [0.2, 0.25) is 0 Å². The molecule has 0 fully saturated rings. The van der Waals surface area contributed by atoms with Crippen LogP contribution in [0, 0.1) is 0 Å². The van der Waals surface area contributed by atoms with E-state index in [-0.39, 0.29) is 0 Å². The fourth-order valence-electron chi connectivity index (χ4n) is 1.86. The van der Waals surface area contributed by atoms with Crippen molar-refractivity contribution in [3.05, 3.63) is 0 Å². The van der Waals surface area contributed by atoms with Gasteiger partial charge in [-0.2, -0.15) is 0 Å². The van der Waals surface area contributed by atoms with Gasteiger partial charge in [-0.3, -0.25) is 0 Å². The quantitative estimate of drug-likeness (QED) is 0.414. The summed E-state index contributed by atoms with van der Waals surface area (Å²) in [6, 6.07) is 0. The molecule has 0 rings (SSSR count). The van der Waals surface area contributed by atoms with Crippen molar-refractivity contribution < 1.29 is 14.3 Å². The van der Waals surface area contributed by atoms with Crippen LogP contribution in [0.3, 0.4) is 0 Å². The predicted molar refractivity (Wildman–Crippen MR) is 76.5 cm³/mol. The Morgan fingerprint density at radius 1 is 0.765 bits per heavy atom. The summed E-state index contributed by atoms with van der Waals surface area (Å²) in [6.07, 6.45) is 12.8. The fraction of sp³-hybridized carbons (Fsp3) is 1.00.